The van der Waals surface area contributed by atoms with Gasteiger partial charge in [-0.05, 0) is 18.6 Å². The van der Waals surface area contributed by atoms with E-state index in [-0.39, 0.29) is 31.9 Å². The number of hydrogen-bond donors (Lipinski definition) is 4. The molecule has 0 aliphatic carbocycles. The van der Waals surface area contributed by atoms with E-state index >= 15 is 0 Å². The Bertz CT molecular complexity index is 1040. The molecule has 1 atom stereocenters. The minimum Gasteiger partial charge on any atom is -0.465 e. The third-order valence-electron chi connectivity index (χ3n) is 4.68. The summed E-state index contributed by atoms with van der Waals surface area (Å²) in [5.74, 6) is -0.950. The molecule has 1 fully saturated rings. The van der Waals surface area contributed by atoms with E-state index in [1.165, 1.54) is 0 Å². The number of nitrogens with zero attached hydrogens (tertiary/aromatic N) is 3. The largest absolute Gasteiger partial charge is 0.465 e. The molecule has 32 heavy (non-hydrogen) atoms. The van der Waals surface area contributed by atoms with E-state index in [0.29, 0.717) is 43.0 Å². The first-order valence-corrected chi connectivity index (χ1v) is 10.1. The van der Waals surface area contributed by atoms with Crippen LogP contribution in [0.2, 0.25) is 0 Å². The van der Waals surface area contributed by atoms with Crippen molar-refractivity contribution in [2.24, 2.45) is 0 Å². The Balaban J connectivity index is 1.54. The molecule has 1 aliphatic rings. The molecule has 1 aliphatic heterocycles. The number of nitrogens with one attached hydrogen (secondary N) is 3. The quantitative estimate of drug-likeness (QED) is 0.259. The van der Waals surface area contributed by atoms with Crippen molar-refractivity contribution in [3.8, 4) is 0 Å². The second-order valence-electron chi connectivity index (χ2n) is 6.89. The van der Waals surface area contributed by atoms with Crippen LogP contribution in [0.4, 0.5) is 10.5 Å². The van der Waals surface area contributed by atoms with E-state index in [1.54, 1.807) is 18.2 Å². The normalized spacial score (nSPS) is 16.1. The zero-order valence-electron chi connectivity index (χ0n) is 17.2. The number of hydrogen-bond acceptors (Lipinski definition) is 9. The highest BCUT2D eigenvalue weighted by Crippen LogP contribution is 2.20. The summed E-state index contributed by atoms with van der Waals surface area (Å²) in [4.78, 5) is 46.8. The van der Waals surface area contributed by atoms with Crippen LogP contribution in [0, 0.1) is 0 Å². The molecule has 2 aromatic rings. The van der Waals surface area contributed by atoms with E-state index in [0.717, 1.165) is 4.68 Å². The van der Waals surface area contributed by atoms with Crippen molar-refractivity contribution < 1.29 is 29.0 Å². The maximum Gasteiger partial charge on any atom is 0.404 e. The van der Waals surface area contributed by atoms with E-state index < -0.39 is 23.6 Å². The number of amides is 3. The number of carboxylic acid groups (broad SMARTS) is 1. The van der Waals surface area contributed by atoms with Gasteiger partial charge in [0.05, 0.1) is 31.8 Å². The lowest BCUT2D eigenvalue weighted by Crippen LogP contribution is -2.45. The van der Waals surface area contributed by atoms with Crippen molar-refractivity contribution in [1.82, 2.24) is 25.6 Å². The Morgan fingerprint density at radius 3 is 2.62 bits per heavy atom. The van der Waals surface area contributed by atoms with Gasteiger partial charge in [-0.3, -0.25) is 19.7 Å². The molecule has 13 nitrogen and oxygen atoms in total. The highest BCUT2D eigenvalue weighted by molar-refractivity contribution is 5.99. The topological polar surface area (TPSA) is 174 Å². The van der Waals surface area contributed by atoms with Crippen molar-refractivity contribution in [1.29, 1.82) is 0 Å². The van der Waals surface area contributed by atoms with Gasteiger partial charge in [0.25, 0.3) is 11.5 Å². The Morgan fingerprint density at radius 1 is 1.16 bits per heavy atom. The number of benzene rings is 1. The summed E-state index contributed by atoms with van der Waals surface area (Å²) < 4.78 is 11.7. The van der Waals surface area contributed by atoms with Crippen LogP contribution in [-0.2, 0) is 19.1 Å². The summed E-state index contributed by atoms with van der Waals surface area (Å²) in [5.41, 5.74) is 0.438. The van der Waals surface area contributed by atoms with Gasteiger partial charge in [0.15, 0.2) is 0 Å². The fraction of sp³-hybridized carbons (Fsp3) is 0.474. The summed E-state index contributed by atoms with van der Waals surface area (Å²) in [7, 11) is 0. The van der Waals surface area contributed by atoms with Gasteiger partial charge >= 0.3 is 6.09 Å². The van der Waals surface area contributed by atoms with Gasteiger partial charge in [-0.1, -0.05) is 11.3 Å². The lowest BCUT2D eigenvalue weighted by Gasteiger charge is -2.21. The minimum atomic E-state index is -1.10. The van der Waals surface area contributed by atoms with Crippen molar-refractivity contribution in [2.75, 3.05) is 44.8 Å². The number of imide groups is 1. The minimum absolute atomic E-state index is 0.125. The predicted molar refractivity (Wildman–Crippen MR) is 111 cm³/mol. The summed E-state index contributed by atoms with van der Waals surface area (Å²) in [5, 5.41) is 24.2. The average molecular weight is 448 g/mol. The molecule has 1 aromatic heterocycles. The fourth-order valence-electron chi connectivity index (χ4n) is 3.18. The van der Waals surface area contributed by atoms with Crippen LogP contribution in [0.25, 0.3) is 10.9 Å². The molecule has 0 radical (unpaired) electrons. The number of rotatable bonds is 11. The summed E-state index contributed by atoms with van der Waals surface area (Å²) in [6, 6.07) is 4.21. The molecule has 1 aromatic carbocycles. The number of carbonyl (C=O) groups is 3. The van der Waals surface area contributed by atoms with Gasteiger partial charge in [-0.25, -0.2) is 4.79 Å². The van der Waals surface area contributed by atoms with Gasteiger partial charge in [-0.15, -0.1) is 5.10 Å². The maximum atomic E-state index is 13.0. The number of anilines is 1. The van der Waals surface area contributed by atoms with Crippen molar-refractivity contribution in [3.05, 3.63) is 28.6 Å². The first kappa shape index (κ1) is 23.1. The number of carbonyl (C=O) groups excluding carboxylic acids is 2. The van der Waals surface area contributed by atoms with E-state index in [2.05, 4.69) is 26.3 Å². The van der Waals surface area contributed by atoms with Gasteiger partial charge in [-0.2, -0.15) is 4.68 Å². The molecule has 3 amide bonds. The first-order valence-electron chi connectivity index (χ1n) is 10.1. The zero-order chi connectivity index (χ0) is 22.9. The van der Waals surface area contributed by atoms with Crippen LogP contribution >= 0.6 is 0 Å². The molecule has 0 bridgehead atoms. The lowest BCUT2D eigenvalue weighted by atomic mass is 10.1. The van der Waals surface area contributed by atoms with Crippen LogP contribution in [0.15, 0.2) is 23.0 Å². The molecule has 4 N–H and O–H groups in total. The molecule has 2 heterocycles. The Kier molecular flexibility index (Phi) is 8.05. The molecule has 0 spiro atoms. The molecule has 1 unspecified atom stereocenters. The smallest absolute Gasteiger partial charge is 0.404 e. The fourth-order valence-corrected chi connectivity index (χ4v) is 3.18. The Labute approximate surface area is 182 Å². The lowest BCUT2D eigenvalue weighted by molar-refractivity contribution is -0.136. The SMILES string of the molecule is O=C(O)NCCOCCOCCNc1cccc2nnn(C3CCC(=O)NC3=O)c(=O)c12. The average Bonchev–Trinajstić information content (AvgIpc) is 2.75. The molecular weight excluding hydrogens is 424 g/mol. The number of ether oxygens (including phenoxy) is 2. The van der Waals surface area contributed by atoms with E-state index in [1.807, 2.05) is 0 Å². The van der Waals surface area contributed by atoms with Crippen molar-refractivity contribution in [3.63, 3.8) is 0 Å². The third-order valence-corrected chi connectivity index (χ3v) is 4.68. The van der Waals surface area contributed by atoms with Gasteiger partial charge in [0, 0.05) is 25.2 Å². The second-order valence-corrected chi connectivity index (χ2v) is 6.89. The number of piperidine rings is 1. The molecule has 13 heteroatoms. The summed E-state index contributed by atoms with van der Waals surface area (Å²) in [6.45, 7) is 1.86. The maximum absolute atomic E-state index is 13.0. The van der Waals surface area contributed by atoms with Gasteiger partial charge < -0.3 is 25.2 Å². The van der Waals surface area contributed by atoms with Crippen LogP contribution in [0.1, 0.15) is 18.9 Å². The third kappa shape index (κ3) is 5.98. The van der Waals surface area contributed by atoms with Crippen LogP contribution < -0.4 is 21.5 Å². The monoisotopic (exact) mass is 448 g/mol. The number of fused-ring (bicyclic) bond motifs is 1. The van der Waals surface area contributed by atoms with Crippen molar-refractivity contribution in [2.45, 2.75) is 18.9 Å². The molecule has 172 valence electrons. The standard InChI is InChI=1S/C19H24N6O7/c26-15-5-4-14(17(27)22-15)25-18(28)16-12(2-1-3-13(16)23-24-25)20-6-8-31-10-11-32-9-7-21-19(29)30/h1-3,14,20-21H,4-11H2,(H,29,30)(H,22,26,27). The summed E-state index contributed by atoms with van der Waals surface area (Å²) in [6.07, 6.45) is -0.790. The van der Waals surface area contributed by atoms with E-state index in [4.69, 9.17) is 14.6 Å². The molecule has 0 saturated carbocycles. The van der Waals surface area contributed by atoms with E-state index in [9.17, 15) is 19.2 Å². The van der Waals surface area contributed by atoms with Crippen molar-refractivity contribution >= 4 is 34.5 Å². The van der Waals surface area contributed by atoms with Crippen LogP contribution in [0.5, 0.6) is 0 Å². The van der Waals surface area contributed by atoms with Crippen LogP contribution in [0.3, 0.4) is 0 Å². The molecule has 3 rings (SSSR count). The Morgan fingerprint density at radius 2 is 1.91 bits per heavy atom. The van der Waals surface area contributed by atoms with Gasteiger partial charge in [0.2, 0.25) is 5.91 Å². The predicted octanol–water partition coefficient (Wildman–Crippen LogP) is -0.518. The highest BCUT2D eigenvalue weighted by atomic mass is 16.5. The molecule has 1 saturated heterocycles. The first-order chi connectivity index (χ1) is 15.5. The second kappa shape index (κ2) is 11.2. The highest BCUT2D eigenvalue weighted by Gasteiger charge is 2.30. The van der Waals surface area contributed by atoms with Gasteiger partial charge in [0.1, 0.15) is 11.6 Å². The zero-order valence-corrected chi connectivity index (χ0v) is 17.2. The Hall–Kier alpha value is -3.58. The summed E-state index contributed by atoms with van der Waals surface area (Å²) >= 11 is 0. The number of aromatic nitrogens is 3. The molecular formula is C19H24N6O7. The van der Waals surface area contributed by atoms with Crippen LogP contribution in [-0.4, -0.2) is 77.5 Å².